The van der Waals surface area contributed by atoms with E-state index in [-0.39, 0.29) is 6.61 Å². The van der Waals surface area contributed by atoms with Crippen LogP contribution in [0.4, 0.5) is 0 Å². The lowest BCUT2D eigenvalue weighted by molar-refractivity contribution is -0.368. The zero-order valence-corrected chi connectivity index (χ0v) is 17.9. The van der Waals surface area contributed by atoms with Crippen molar-refractivity contribution >= 4 is 10.8 Å². The number of hydrogen-bond donors (Lipinski definition) is 4. The molecular weight excluding hydrogens is 408 g/mol. The molecule has 0 aliphatic carbocycles. The third kappa shape index (κ3) is 3.35. The van der Waals surface area contributed by atoms with E-state index in [1.165, 1.54) is 11.1 Å². The van der Waals surface area contributed by atoms with E-state index in [2.05, 4.69) is 37.3 Å². The molecule has 0 saturated carbocycles. The molecule has 168 valence electrons. The lowest BCUT2D eigenvalue weighted by Gasteiger charge is -2.46. The highest BCUT2D eigenvalue weighted by Gasteiger charge is 2.58. The number of aliphatic hydroxyl groups is 4. The molecule has 4 N–H and O–H groups in total. The fourth-order valence-electron chi connectivity index (χ4n) is 4.89. The maximum atomic E-state index is 10.8. The molecule has 2 heterocycles. The van der Waals surface area contributed by atoms with Crippen molar-refractivity contribution < 1.29 is 29.9 Å². The van der Waals surface area contributed by atoms with Gasteiger partial charge in [0.2, 0.25) is 5.79 Å². The van der Waals surface area contributed by atoms with Crippen LogP contribution in [0.3, 0.4) is 0 Å². The molecular formula is C26H28O6. The SMILES string of the molecule is CCc1ccc(Cc2cccc3cc4c(cc23)[C@]2(OC4)O[C@H](CO)[C@@H](O)[C@H](O)[C@H]2O)cc1. The van der Waals surface area contributed by atoms with E-state index < -0.39 is 36.8 Å². The van der Waals surface area contributed by atoms with Crippen molar-refractivity contribution in [1.82, 2.24) is 0 Å². The first kappa shape index (κ1) is 21.5. The predicted octanol–water partition coefficient (Wildman–Crippen LogP) is 2.15. The van der Waals surface area contributed by atoms with Gasteiger partial charge in [-0.05, 0) is 58.0 Å². The third-order valence-corrected chi connectivity index (χ3v) is 6.79. The fraction of sp³-hybridized carbons (Fsp3) is 0.385. The molecule has 5 rings (SSSR count). The summed E-state index contributed by atoms with van der Waals surface area (Å²) in [5.74, 6) is -1.63. The highest BCUT2D eigenvalue weighted by Crippen LogP contribution is 2.47. The predicted molar refractivity (Wildman–Crippen MR) is 119 cm³/mol. The van der Waals surface area contributed by atoms with Crippen molar-refractivity contribution in [3.05, 3.63) is 82.4 Å². The number of fused-ring (bicyclic) bond motifs is 3. The topological polar surface area (TPSA) is 99.4 Å². The lowest BCUT2D eigenvalue weighted by atomic mass is 9.85. The van der Waals surface area contributed by atoms with Crippen LogP contribution in [0.25, 0.3) is 10.8 Å². The van der Waals surface area contributed by atoms with Gasteiger partial charge in [-0.1, -0.05) is 49.4 Å². The normalized spacial score (nSPS) is 29.5. The monoisotopic (exact) mass is 436 g/mol. The fourth-order valence-corrected chi connectivity index (χ4v) is 4.89. The van der Waals surface area contributed by atoms with Gasteiger partial charge in [-0.3, -0.25) is 0 Å². The maximum absolute atomic E-state index is 10.8. The Hall–Kier alpha value is -2.32. The third-order valence-electron chi connectivity index (χ3n) is 6.79. The Balaban J connectivity index is 1.58. The smallest absolute Gasteiger partial charge is 0.225 e. The number of rotatable bonds is 4. The Morgan fingerprint density at radius 3 is 2.44 bits per heavy atom. The summed E-state index contributed by atoms with van der Waals surface area (Å²) in [4.78, 5) is 0. The summed E-state index contributed by atoms with van der Waals surface area (Å²) >= 11 is 0. The Bertz CT molecular complexity index is 1130. The molecule has 2 aliphatic heterocycles. The molecule has 0 radical (unpaired) electrons. The van der Waals surface area contributed by atoms with Gasteiger partial charge in [0.05, 0.1) is 13.2 Å². The van der Waals surface area contributed by atoms with Gasteiger partial charge < -0.3 is 29.9 Å². The number of ether oxygens (including phenoxy) is 2. The van der Waals surface area contributed by atoms with Gasteiger partial charge in [-0.25, -0.2) is 0 Å². The minimum Gasteiger partial charge on any atom is -0.394 e. The molecule has 1 spiro atoms. The van der Waals surface area contributed by atoms with E-state index in [0.29, 0.717) is 5.56 Å². The Kier molecular flexibility index (Phi) is 5.53. The van der Waals surface area contributed by atoms with Gasteiger partial charge in [-0.15, -0.1) is 0 Å². The van der Waals surface area contributed by atoms with Crippen LogP contribution >= 0.6 is 0 Å². The second-order valence-electron chi connectivity index (χ2n) is 8.72. The van der Waals surface area contributed by atoms with Crippen LogP contribution in [0.2, 0.25) is 0 Å². The first-order valence-electron chi connectivity index (χ1n) is 11.1. The van der Waals surface area contributed by atoms with Crippen molar-refractivity contribution in [2.45, 2.75) is 56.6 Å². The molecule has 1 fully saturated rings. The average Bonchev–Trinajstić information content (AvgIpc) is 3.17. The van der Waals surface area contributed by atoms with Gasteiger partial charge >= 0.3 is 0 Å². The lowest BCUT2D eigenvalue weighted by Crippen LogP contribution is -2.63. The minimum absolute atomic E-state index is 0.200. The summed E-state index contributed by atoms with van der Waals surface area (Å²) in [6.07, 6.45) is -3.72. The standard InChI is InChI=1S/C26H28O6/c1-2-15-6-8-16(9-7-15)10-17-4-3-5-18-11-19-14-31-26(21(19)12-20(17)18)25(30)24(29)23(28)22(13-27)32-26/h3-9,11-12,22-25,27-30H,2,10,13-14H2,1H3/t22-,23-,24+,25-,26+/m1/s1. The highest BCUT2D eigenvalue weighted by molar-refractivity contribution is 5.88. The second-order valence-corrected chi connectivity index (χ2v) is 8.72. The van der Waals surface area contributed by atoms with Crippen LogP contribution in [0.15, 0.2) is 54.6 Å². The maximum Gasteiger partial charge on any atom is 0.225 e. The van der Waals surface area contributed by atoms with Crippen LogP contribution in [0.1, 0.15) is 34.7 Å². The van der Waals surface area contributed by atoms with Crippen molar-refractivity contribution in [1.29, 1.82) is 0 Å². The van der Waals surface area contributed by atoms with Gasteiger partial charge in [0.1, 0.15) is 24.4 Å². The second kappa shape index (κ2) is 8.23. The first-order chi connectivity index (χ1) is 15.5. The highest BCUT2D eigenvalue weighted by atomic mass is 16.7. The number of aryl methyl sites for hydroxylation is 1. The number of benzene rings is 3. The summed E-state index contributed by atoms with van der Waals surface area (Å²) in [6.45, 7) is 1.83. The van der Waals surface area contributed by atoms with Crippen molar-refractivity contribution in [3.8, 4) is 0 Å². The largest absolute Gasteiger partial charge is 0.394 e. The number of hydrogen-bond acceptors (Lipinski definition) is 6. The molecule has 0 unspecified atom stereocenters. The molecule has 6 heteroatoms. The molecule has 0 aromatic heterocycles. The van der Waals surface area contributed by atoms with Crippen LogP contribution < -0.4 is 0 Å². The van der Waals surface area contributed by atoms with E-state index >= 15 is 0 Å². The molecule has 6 nitrogen and oxygen atoms in total. The van der Waals surface area contributed by atoms with Crippen LogP contribution in [-0.2, 0) is 34.7 Å². The Morgan fingerprint density at radius 1 is 0.969 bits per heavy atom. The van der Waals surface area contributed by atoms with E-state index in [1.54, 1.807) is 0 Å². The Labute approximate surface area is 186 Å². The van der Waals surface area contributed by atoms with Gasteiger partial charge in [0.25, 0.3) is 0 Å². The molecule has 0 bridgehead atoms. The summed E-state index contributed by atoms with van der Waals surface area (Å²) < 4.78 is 11.8. The van der Waals surface area contributed by atoms with Gasteiger partial charge in [0.15, 0.2) is 0 Å². The van der Waals surface area contributed by atoms with E-state index in [9.17, 15) is 20.4 Å². The van der Waals surface area contributed by atoms with Crippen molar-refractivity contribution in [3.63, 3.8) is 0 Å². The quantitative estimate of drug-likeness (QED) is 0.500. The molecule has 3 aromatic rings. The molecule has 0 amide bonds. The first-order valence-corrected chi connectivity index (χ1v) is 11.1. The van der Waals surface area contributed by atoms with Crippen LogP contribution in [0.5, 0.6) is 0 Å². The zero-order chi connectivity index (χ0) is 22.5. The van der Waals surface area contributed by atoms with Crippen LogP contribution in [0, 0.1) is 0 Å². The average molecular weight is 437 g/mol. The van der Waals surface area contributed by atoms with Gasteiger partial charge in [0, 0.05) is 5.56 Å². The van der Waals surface area contributed by atoms with Gasteiger partial charge in [-0.2, -0.15) is 0 Å². The van der Waals surface area contributed by atoms with E-state index in [1.807, 2.05) is 24.3 Å². The molecule has 1 saturated heterocycles. The summed E-state index contributed by atoms with van der Waals surface area (Å²) in [5.41, 5.74) is 5.10. The zero-order valence-electron chi connectivity index (χ0n) is 17.9. The summed E-state index contributed by atoms with van der Waals surface area (Å²) in [6, 6.07) is 18.7. The van der Waals surface area contributed by atoms with Crippen molar-refractivity contribution in [2.24, 2.45) is 0 Å². The minimum atomic E-state index is -1.63. The van der Waals surface area contributed by atoms with E-state index in [0.717, 1.165) is 34.7 Å². The van der Waals surface area contributed by atoms with Crippen molar-refractivity contribution in [2.75, 3.05) is 6.61 Å². The molecule has 32 heavy (non-hydrogen) atoms. The molecule has 5 atom stereocenters. The van der Waals surface area contributed by atoms with E-state index in [4.69, 9.17) is 9.47 Å². The molecule has 3 aromatic carbocycles. The summed E-state index contributed by atoms with van der Waals surface area (Å²) in [7, 11) is 0. The number of aliphatic hydroxyl groups excluding tert-OH is 4. The Morgan fingerprint density at radius 2 is 1.72 bits per heavy atom. The van der Waals surface area contributed by atoms with Crippen LogP contribution in [-0.4, -0.2) is 51.4 Å². The molecule has 2 aliphatic rings. The summed E-state index contributed by atoms with van der Waals surface area (Å²) in [5, 5.41) is 43.1.